The van der Waals surface area contributed by atoms with Gasteiger partial charge in [-0.3, -0.25) is 19.5 Å². The Morgan fingerprint density at radius 3 is 2.64 bits per heavy atom. The Bertz CT molecular complexity index is 1010. The predicted octanol–water partition coefficient (Wildman–Crippen LogP) is 1.82. The van der Waals surface area contributed by atoms with Gasteiger partial charge in [0.05, 0.1) is 29.0 Å². The zero-order valence-electron chi connectivity index (χ0n) is 20.7. The lowest BCUT2D eigenvalue weighted by atomic mass is 9.90. The van der Waals surface area contributed by atoms with E-state index in [1.54, 1.807) is 12.4 Å². The van der Waals surface area contributed by atoms with E-state index in [1.807, 2.05) is 11.0 Å². The Morgan fingerprint density at radius 2 is 1.94 bits per heavy atom. The first-order chi connectivity index (χ1) is 17.3. The Morgan fingerprint density at radius 1 is 1.22 bits per heavy atom. The topological polar surface area (TPSA) is 88.5 Å². The number of nitrogens with zero attached hydrogens (tertiary/aromatic N) is 4. The highest BCUT2D eigenvalue weighted by Gasteiger charge is 2.48. The number of piperazine rings is 1. The Labute approximate surface area is 220 Å². The molecule has 10 heteroatoms. The summed E-state index contributed by atoms with van der Waals surface area (Å²) in [5.74, 6) is -0.174. The molecule has 1 aromatic rings. The molecule has 5 rings (SSSR count). The van der Waals surface area contributed by atoms with Gasteiger partial charge in [0.15, 0.2) is 5.78 Å². The van der Waals surface area contributed by atoms with Crippen molar-refractivity contribution in [3.63, 3.8) is 0 Å². The van der Waals surface area contributed by atoms with Gasteiger partial charge in [0.1, 0.15) is 11.9 Å². The van der Waals surface area contributed by atoms with Crippen molar-refractivity contribution >= 4 is 34.0 Å². The molecule has 0 spiro atoms. The maximum absolute atomic E-state index is 14.4. The van der Waals surface area contributed by atoms with E-state index >= 15 is 0 Å². The largest absolute Gasteiger partial charge is 0.393 e. The molecule has 36 heavy (non-hydrogen) atoms. The van der Waals surface area contributed by atoms with Gasteiger partial charge in [-0.15, -0.1) is 0 Å². The first-order valence-electron chi connectivity index (χ1n) is 13.0. The third-order valence-electron chi connectivity index (χ3n) is 8.38. The fourth-order valence-corrected chi connectivity index (χ4v) is 6.53. The number of hydrogen-bond acceptors (Lipinski definition) is 7. The maximum Gasteiger partial charge on any atom is 0.231 e. The van der Waals surface area contributed by atoms with Crippen LogP contribution in [0, 0.1) is 17.7 Å². The van der Waals surface area contributed by atoms with Crippen LogP contribution in [-0.2, 0) is 9.59 Å². The van der Waals surface area contributed by atoms with Crippen LogP contribution in [0.2, 0.25) is 0 Å². The second-order valence-corrected chi connectivity index (χ2v) is 11.5. The number of likely N-dealkylation sites (tertiary alicyclic amines) is 1. The Hall–Kier alpha value is -1.88. The third kappa shape index (κ3) is 5.23. The number of fused-ring (bicyclic) bond motifs is 1. The van der Waals surface area contributed by atoms with Crippen LogP contribution in [0.3, 0.4) is 0 Å². The third-order valence-corrected chi connectivity index (χ3v) is 9.02. The van der Waals surface area contributed by atoms with Crippen LogP contribution >= 0.6 is 15.9 Å². The fraction of sp³-hybridized carbons (Fsp3) is 0.654. The Balaban J connectivity index is 1.27. The number of piperidine rings is 1. The first-order valence-corrected chi connectivity index (χ1v) is 13.8. The number of benzene rings is 1. The second-order valence-electron chi connectivity index (χ2n) is 10.7. The van der Waals surface area contributed by atoms with Gasteiger partial charge in [-0.05, 0) is 52.4 Å². The maximum atomic E-state index is 14.4. The van der Waals surface area contributed by atoms with Crippen molar-refractivity contribution in [2.24, 2.45) is 16.8 Å². The number of halogens is 2. The van der Waals surface area contributed by atoms with Crippen LogP contribution in [-0.4, -0.2) is 102 Å². The molecule has 0 radical (unpaired) electrons. The number of hydrogen-bond donors (Lipinski definition) is 2. The standard InChI is InChI=1S/C26H35BrFN5O3/c1-16-12-22(35)24-23(16)25(30-15-29-24)32-8-10-33(11-9-32)26(36)19(14-31-6-4-18(34)5-7-31)17-2-3-20(27)21(28)13-17/h2-3,13,15-16,18-19,23-25,34H,4-12,14H2,1H3,(H,29,30)/t16-,19?,23?,24?,25-/m1/s1. The van der Waals surface area contributed by atoms with E-state index in [4.69, 9.17) is 0 Å². The lowest BCUT2D eigenvalue weighted by Gasteiger charge is -2.45. The van der Waals surface area contributed by atoms with Crippen molar-refractivity contribution in [1.29, 1.82) is 0 Å². The van der Waals surface area contributed by atoms with E-state index in [2.05, 4.69) is 43.0 Å². The molecular weight excluding hydrogens is 529 g/mol. The highest BCUT2D eigenvalue weighted by molar-refractivity contribution is 9.10. The van der Waals surface area contributed by atoms with Crippen LogP contribution < -0.4 is 5.32 Å². The van der Waals surface area contributed by atoms with Gasteiger partial charge < -0.3 is 20.2 Å². The highest BCUT2D eigenvalue weighted by atomic mass is 79.9. The van der Waals surface area contributed by atoms with Gasteiger partial charge in [-0.2, -0.15) is 0 Å². The molecular formula is C26H35BrFN5O3. The van der Waals surface area contributed by atoms with Crippen molar-refractivity contribution in [2.45, 2.75) is 50.4 Å². The summed E-state index contributed by atoms with van der Waals surface area (Å²) in [6.07, 6.45) is 3.38. The van der Waals surface area contributed by atoms with Crippen LogP contribution in [0.15, 0.2) is 27.7 Å². The average molecular weight is 565 g/mol. The SMILES string of the molecule is C[C@@H]1CC(=O)C2N=CN[C@H](N3CCN(C(=O)C(CN4CCC(O)CC4)c4ccc(Br)c(F)c4)CC3)C21. The van der Waals surface area contributed by atoms with Crippen LogP contribution in [0.25, 0.3) is 0 Å². The number of aliphatic imine (C=N–C) groups is 1. The van der Waals surface area contributed by atoms with Gasteiger partial charge in [-0.1, -0.05) is 13.0 Å². The fourth-order valence-electron chi connectivity index (χ4n) is 6.28. The minimum Gasteiger partial charge on any atom is -0.393 e. The molecule has 3 aliphatic heterocycles. The average Bonchev–Trinajstić information content (AvgIpc) is 3.18. The Kier molecular flexibility index (Phi) is 7.76. The number of carbonyl (C=O) groups excluding carboxylic acids is 2. The van der Waals surface area contributed by atoms with E-state index in [0.29, 0.717) is 62.0 Å². The first kappa shape index (κ1) is 25.8. The molecule has 196 valence electrons. The summed E-state index contributed by atoms with van der Waals surface area (Å²) in [4.78, 5) is 37.0. The normalized spacial score (nSPS) is 30.8. The molecule has 4 aliphatic rings. The number of Topliss-reactive ketones (excluding diaryl/α,β-unsaturated/α-hetero) is 1. The molecule has 1 aromatic carbocycles. The van der Waals surface area contributed by atoms with Gasteiger partial charge in [0.2, 0.25) is 5.91 Å². The molecule has 3 fully saturated rings. The molecule has 0 bridgehead atoms. The van der Waals surface area contributed by atoms with Crippen molar-refractivity contribution in [3.8, 4) is 0 Å². The minimum absolute atomic E-state index is 0.0166. The highest BCUT2D eigenvalue weighted by Crippen LogP contribution is 2.37. The summed E-state index contributed by atoms with van der Waals surface area (Å²) in [6, 6.07) is 4.70. The minimum atomic E-state index is -0.466. The second kappa shape index (κ2) is 10.8. The van der Waals surface area contributed by atoms with E-state index in [-0.39, 0.29) is 47.7 Å². The van der Waals surface area contributed by atoms with E-state index in [0.717, 1.165) is 13.1 Å². The monoisotopic (exact) mass is 563 g/mol. The van der Waals surface area contributed by atoms with Crippen LogP contribution in [0.1, 0.15) is 37.7 Å². The van der Waals surface area contributed by atoms with Gasteiger partial charge in [0, 0.05) is 58.2 Å². The lowest BCUT2D eigenvalue weighted by molar-refractivity contribution is -0.136. The summed E-state index contributed by atoms with van der Waals surface area (Å²) < 4.78 is 14.8. The molecule has 2 saturated heterocycles. The quantitative estimate of drug-likeness (QED) is 0.568. The predicted molar refractivity (Wildman–Crippen MR) is 138 cm³/mol. The summed E-state index contributed by atoms with van der Waals surface area (Å²) >= 11 is 3.22. The number of aliphatic hydroxyl groups is 1. The zero-order valence-corrected chi connectivity index (χ0v) is 22.2. The number of amides is 1. The molecule has 8 nitrogen and oxygen atoms in total. The van der Waals surface area contributed by atoms with Crippen LogP contribution in [0.5, 0.6) is 0 Å². The molecule has 3 heterocycles. The molecule has 1 amide bonds. The number of rotatable bonds is 5. The smallest absolute Gasteiger partial charge is 0.231 e. The number of ketones is 1. The molecule has 0 aromatic heterocycles. The van der Waals surface area contributed by atoms with Crippen molar-refractivity contribution in [3.05, 3.63) is 34.1 Å². The summed E-state index contributed by atoms with van der Waals surface area (Å²) in [7, 11) is 0. The van der Waals surface area contributed by atoms with Gasteiger partial charge in [-0.25, -0.2) is 4.39 Å². The lowest BCUT2D eigenvalue weighted by Crippen LogP contribution is -2.61. The van der Waals surface area contributed by atoms with E-state index in [1.165, 1.54) is 6.07 Å². The molecule has 5 atom stereocenters. The molecule has 1 saturated carbocycles. The zero-order chi connectivity index (χ0) is 25.4. The molecule has 3 unspecified atom stereocenters. The van der Waals surface area contributed by atoms with E-state index in [9.17, 15) is 19.1 Å². The number of carbonyl (C=O) groups is 2. The number of aliphatic hydroxyl groups excluding tert-OH is 1. The molecule has 1 aliphatic carbocycles. The van der Waals surface area contributed by atoms with E-state index < -0.39 is 5.92 Å². The van der Waals surface area contributed by atoms with Crippen molar-refractivity contribution < 1.29 is 19.1 Å². The number of nitrogens with one attached hydrogen (secondary N) is 1. The van der Waals surface area contributed by atoms with Gasteiger partial charge >= 0.3 is 0 Å². The summed E-state index contributed by atoms with van der Waals surface area (Å²) in [5.41, 5.74) is 0.681. The van der Waals surface area contributed by atoms with Crippen LogP contribution in [0.4, 0.5) is 4.39 Å². The van der Waals surface area contributed by atoms with Crippen molar-refractivity contribution in [1.82, 2.24) is 20.0 Å². The summed E-state index contributed by atoms with van der Waals surface area (Å²) in [6.45, 7) is 6.68. The van der Waals surface area contributed by atoms with Crippen molar-refractivity contribution in [2.75, 3.05) is 45.8 Å². The summed E-state index contributed by atoms with van der Waals surface area (Å²) in [5, 5.41) is 13.3. The molecule has 2 N–H and O–H groups in total. The van der Waals surface area contributed by atoms with Gasteiger partial charge in [0.25, 0.3) is 0 Å².